The number of nitrogens with one attached hydrogen (secondary N) is 1. The maximum absolute atomic E-state index is 5.84. The number of likely N-dealkylation sites (N-methyl/N-ethyl adjacent to an activating group) is 1. The summed E-state index contributed by atoms with van der Waals surface area (Å²) >= 11 is 0. The molecule has 0 radical (unpaired) electrons. The highest BCUT2D eigenvalue weighted by atomic mass is 16.5. The van der Waals surface area contributed by atoms with Crippen molar-refractivity contribution in [2.45, 2.75) is 31.4 Å². The Morgan fingerprint density at radius 2 is 2.32 bits per heavy atom. The van der Waals surface area contributed by atoms with Crippen molar-refractivity contribution in [3.05, 3.63) is 11.8 Å². The fraction of sp³-hybridized carbons (Fsp3) is 0.692. The van der Waals surface area contributed by atoms with Crippen molar-refractivity contribution in [1.82, 2.24) is 15.3 Å². The smallest absolute Gasteiger partial charge is 0.222 e. The summed E-state index contributed by atoms with van der Waals surface area (Å²) in [6.45, 7) is 2.79. The van der Waals surface area contributed by atoms with Gasteiger partial charge in [-0.05, 0) is 26.3 Å². The van der Waals surface area contributed by atoms with Crippen molar-refractivity contribution in [2.24, 2.45) is 0 Å². The molecule has 1 aromatic heterocycles. The van der Waals surface area contributed by atoms with Gasteiger partial charge in [0.15, 0.2) is 0 Å². The monoisotopic (exact) mass is 263 g/mol. The topological polar surface area (TPSA) is 76.3 Å². The molecule has 19 heavy (non-hydrogen) atoms. The van der Waals surface area contributed by atoms with E-state index < -0.39 is 0 Å². The number of nitrogens with zero attached hydrogens (tertiary/aromatic N) is 3. The van der Waals surface area contributed by atoms with Crippen LogP contribution in [0.25, 0.3) is 0 Å². The Bertz CT molecular complexity index is 447. The lowest BCUT2D eigenvalue weighted by Gasteiger charge is -2.19. The van der Waals surface area contributed by atoms with Crippen molar-refractivity contribution in [3.8, 4) is 0 Å². The zero-order valence-electron chi connectivity index (χ0n) is 11.3. The van der Waals surface area contributed by atoms with Gasteiger partial charge >= 0.3 is 0 Å². The molecule has 6 heteroatoms. The number of hydrogen-bond acceptors (Lipinski definition) is 6. The molecule has 2 atom stereocenters. The molecule has 104 valence electrons. The quantitative estimate of drug-likeness (QED) is 0.836. The highest BCUT2D eigenvalue weighted by molar-refractivity contribution is 5.45. The Morgan fingerprint density at radius 3 is 3.00 bits per heavy atom. The average molecular weight is 263 g/mol. The molecule has 0 amide bonds. The minimum atomic E-state index is 0.0896. The summed E-state index contributed by atoms with van der Waals surface area (Å²) in [5, 5.41) is 3.31. The van der Waals surface area contributed by atoms with Gasteiger partial charge in [-0.3, -0.25) is 0 Å². The Kier molecular flexibility index (Phi) is 3.52. The second-order valence-corrected chi connectivity index (χ2v) is 5.23. The molecule has 0 saturated carbocycles. The normalized spacial score (nSPS) is 27.1. The van der Waals surface area contributed by atoms with Crippen LogP contribution in [0, 0.1) is 0 Å². The van der Waals surface area contributed by atoms with E-state index in [0.717, 1.165) is 50.5 Å². The third-order valence-electron chi connectivity index (χ3n) is 3.93. The molecular formula is C13H21N5O. The van der Waals surface area contributed by atoms with Crippen LogP contribution < -0.4 is 16.0 Å². The molecule has 2 aliphatic heterocycles. The molecule has 3 rings (SSSR count). The third kappa shape index (κ3) is 2.64. The van der Waals surface area contributed by atoms with E-state index in [1.54, 1.807) is 0 Å². The van der Waals surface area contributed by atoms with E-state index in [2.05, 4.69) is 20.2 Å². The molecule has 2 fully saturated rings. The van der Waals surface area contributed by atoms with Crippen LogP contribution in [0.1, 0.15) is 31.1 Å². The van der Waals surface area contributed by atoms with Crippen LogP contribution in [-0.2, 0) is 4.74 Å². The predicted octanol–water partition coefficient (Wildman–Crippen LogP) is 0.708. The fourth-order valence-electron chi connectivity index (χ4n) is 2.81. The van der Waals surface area contributed by atoms with Gasteiger partial charge < -0.3 is 20.7 Å². The van der Waals surface area contributed by atoms with E-state index in [1.165, 1.54) is 0 Å². The molecule has 0 aliphatic carbocycles. The summed E-state index contributed by atoms with van der Waals surface area (Å²) in [7, 11) is 2.00. The number of nitrogen functional groups attached to an aromatic ring is 1. The molecule has 0 spiro atoms. The number of hydrogen-bond donors (Lipinski definition) is 2. The van der Waals surface area contributed by atoms with Gasteiger partial charge in [0.25, 0.3) is 0 Å². The molecule has 6 nitrogen and oxygen atoms in total. The minimum Gasteiger partial charge on any atom is -0.372 e. The van der Waals surface area contributed by atoms with Gasteiger partial charge in [0.2, 0.25) is 5.95 Å². The zero-order chi connectivity index (χ0) is 13.2. The van der Waals surface area contributed by atoms with Gasteiger partial charge in [-0.15, -0.1) is 0 Å². The average Bonchev–Trinajstić information content (AvgIpc) is 3.09. The van der Waals surface area contributed by atoms with E-state index in [-0.39, 0.29) is 6.10 Å². The Morgan fingerprint density at radius 1 is 1.42 bits per heavy atom. The maximum Gasteiger partial charge on any atom is 0.222 e. The number of anilines is 2. The molecule has 0 bridgehead atoms. The van der Waals surface area contributed by atoms with Crippen molar-refractivity contribution in [3.63, 3.8) is 0 Å². The highest BCUT2D eigenvalue weighted by Gasteiger charge is 2.25. The van der Waals surface area contributed by atoms with Crippen LogP contribution in [0.5, 0.6) is 0 Å². The SMILES string of the molecule is CN[C@@H]1CCN(c2cc([C@H]3CCCO3)nc(N)n2)C1. The highest BCUT2D eigenvalue weighted by Crippen LogP contribution is 2.30. The fourth-order valence-corrected chi connectivity index (χ4v) is 2.81. The molecular weight excluding hydrogens is 242 g/mol. The first-order valence-corrected chi connectivity index (χ1v) is 6.94. The Labute approximate surface area is 113 Å². The predicted molar refractivity (Wildman–Crippen MR) is 74.0 cm³/mol. The number of nitrogens with two attached hydrogens (primary N) is 1. The van der Waals surface area contributed by atoms with Gasteiger partial charge in [0, 0.05) is 31.8 Å². The van der Waals surface area contributed by atoms with Gasteiger partial charge in [-0.1, -0.05) is 0 Å². The van der Waals surface area contributed by atoms with Crippen LogP contribution in [0.15, 0.2) is 6.07 Å². The largest absolute Gasteiger partial charge is 0.372 e. The first kappa shape index (κ1) is 12.6. The van der Waals surface area contributed by atoms with E-state index in [9.17, 15) is 0 Å². The number of rotatable bonds is 3. The van der Waals surface area contributed by atoms with Gasteiger partial charge in [0.1, 0.15) is 5.82 Å². The van der Waals surface area contributed by atoms with E-state index >= 15 is 0 Å². The second kappa shape index (κ2) is 5.30. The first-order chi connectivity index (χ1) is 9.26. The summed E-state index contributed by atoms with van der Waals surface area (Å²) in [4.78, 5) is 11.0. The standard InChI is InChI=1S/C13H21N5O/c1-15-9-4-5-18(8-9)12-7-10(16-13(14)17-12)11-3-2-6-19-11/h7,9,11,15H,2-6,8H2,1H3,(H2,14,16,17)/t9-,11-/m1/s1. The van der Waals surface area contributed by atoms with Crippen LogP contribution in [0.2, 0.25) is 0 Å². The lowest BCUT2D eigenvalue weighted by Crippen LogP contribution is -2.30. The lowest BCUT2D eigenvalue weighted by molar-refractivity contribution is 0.108. The van der Waals surface area contributed by atoms with E-state index in [1.807, 2.05) is 13.1 Å². The van der Waals surface area contributed by atoms with Crippen molar-refractivity contribution < 1.29 is 4.74 Å². The molecule has 3 N–H and O–H groups in total. The van der Waals surface area contributed by atoms with Crippen molar-refractivity contribution >= 4 is 11.8 Å². The summed E-state index contributed by atoms with van der Waals surface area (Å²) in [6.07, 6.45) is 3.34. The summed E-state index contributed by atoms with van der Waals surface area (Å²) in [6, 6.07) is 2.56. The number of aromatic nitrogens is 2. The van der Waals surface area contributed by atoms with Crippen LogP contribution in [-0.4, -0.2) is 42.8 Å². The Balaban J connectivity index is 1.81. The van der Waals surface area contributed by atoms with Crippen molar-refractivity contribution in [2.75, 3.05) is 37.4 Å². The van der Waals surface area contributed by atoms with Gasteiger partial charge in [-0.2, -0.15) is 4.98 Å². The molecule has 0 aromatic carbocycles. The summed E-state index contributed by atoms with van der Waals surface area (Å²) < 4.78 is 5.68. The molecule has 2 saturated heterocycles. The minimum absolute atomic E-state index is 0.0896. The summed E-state index contributed by atoms with van der Waals surface area (Å²) in [5.41, 5.74) is 6.77. The second-order valence-electron chi connectivity index (χ2n) is 5.23. The van der Waals surface area contributed by atoms with Crippen LogP contribution in [0.4, 0.5) is 11.8 Å². The summed E-state index contributed by atoms with van der Waals surface area (Å²) in [5.74, 6) is 1.27. The Hall–Kier alpha value is -1.40. The van der Waals surface area contributed by atoms with Gasteiger partial charge in [0.05, 0.1) is 11.8 Å². The molecule has 3 heterocycles. The third-order valence-corrected chi connectivity index (χ3v) is 3.93. The molecule has 0 unspecified atom stereocenters. The first-order valence-electron chi connectivity index (χ1n) is 6.94. The molecule has 2 aliphatic rings. The van der Waals surface area contributed by atoms with Crippen LogP contribution >= 0.6 is 0 Å². The molecule has 1 aromatic rings. The van der Waals surface area contributed by atoms with Crippen molar-refractivity contribution in [1.29, 1.82) is 0 Å². The lowest BCUT2D eigenvalue weighted by atomic mass is 10.2. The van der Waals surface area contributed by atoms with E-state index in [4.69, 9.17) is 10.5 Å². The van der Waals surface area contributed by atoms with Gasteiger partial charge in [-0.25, -0.2) is 4.98 Å². The van der Waals surface area contributed by atoms with E-state index in [0.29, 0.717) is 12.0 Å². The zero-order valence-corrected chi connectivity index (χ0v) is 11.3. The number of ether oxygens (including phenoxy) is 1. The maximum atomic E-state index is 5.84. The van der Waals surface area contributed by atoms with Crippen LogP contribution in [0.3, 0.4) is 0 Å².